The Morgan fingerprint density at radius 2 is 2.21 bits per heavy atom. The van der Waals surface area contributed by atoms with E-state index in [4.69, 9.17) is 4.74 Å². The van der Waals surface area contributed by atoms with Crippen molar-refractivity contribution < 1.29 is 19.1 Å². The highest BCUT2D eigenvalue weighted by molar-refractivity contribution is 8.13. The highest BCUT2D eigenvalue weighted by Crippen LogP contribution is 2.36. The normalized spacial score (nSPS) is 21.0. The molecule has 0 saturated carbocycles. The van der Waals surface area contributed by atoms with Crippen molar-refractivity contribution in [2.24, 2.45) is 0 Å². The van der Waals surface area contributed by atoms with Gasteiger partial charge in [-0.05, 0) is 13.3 Å². The first-order valence-electron chi connectivity index (χ1n) is 5.91. The largest absolute Gasteiger partial charge is 0.463 e. The minimum absolute atomic E-state index is 0.0373. The van der Waals surface area contributed by atoms with E-state index in [9.17, 15) is 14.4 Å². The fourth-order valence-electron chi connectivity index (χ4n) is 1.51. The Morgan fingerprint density at radius 1 is 1.53 bits per heavy atom. The summed E-state index contributed by atoms with van der Waals surface area (Å²) in [7, 11) is 1.64. The maximum Gasteiger partial charge on any atom is 0.333 e. The van der Waals surface area contributed by atoms with E-state index in [2.05, 4.69) is 0 Å². The van der Waals surface area contributed by atoms with Gasteiger partial charge in [-0.2, -0.15) is 0 Å². The molecule has 1 amide bonds. The van der Waals surface area contributed by atoms with Crippen molar-refractivity contribution in [2.45, 2.75) is 25.5 Å². The SMILES string of the molecule is CCOC(=O)/C=C1\SC(CCSC(C)=O)C(=O)N1C. The van der Waals surface area contributed by atoms with Gasteiger partial charge in [0.25, 0.3) is 0 Å². The number of thioether (sulfide) groups is 2. The van der Waals surface area contributed by atoms with Crippen LogP contribution in [0.25, 0.3) is 0 Å². The average Bonchev–Trinajstić information content (AvgIpc) is 2.58. The third-order valence-corrected chi connectivity index (χ3v) is 4.61. The summed E-state index contributed by atoms with van der Waals surface area (Å²) < 4.78 is 4.82. The summed E-state index contributed by atoms with van der Waals surface area (Å²) in [6.45, 7) is 3.55. The van der Waals surface area contributed by atoms with Crippen LogP contribution in [0.3, 0.4) is 0 Å². The number of rotatable bonds is 5. The van der Waals surface area contributed by atoms with E-state index in [1.807, 2.05) is 0 Å². The fraction of sp³-hybridized carbons (Fsp3) is 0.583. The molecule has 7 heteroatoms. The third-order valence-electron chi connectivity index (χ3n) is 2.41. The Kier molecular flexibility index (Phi) is 6.44. The van der Waals surface area contributed by atoms with Gasteiger partial charge < -0.3 is 9.64 Å². The van der Waals surface area contributed by atoms with Gasteiger partial charge in [0.05, 0.1) is 23.0 Å². The molecule has 0 aromatic heterocycles. The molecule has 0 bridgehead atoms. The number of ether oxygens (including phenoxy) is 1. The minimum Gasteiger partial charge on any atom is -0.463 e. The van der Waals surface area contributed by atoms with Crippen molar-refractivity contribution in [2.75, 3.05) is 19.4 Å². The van der Waals surface area contributed by atoms with Crippen LogP contribution in [0, 0.1) is 0 Å². The Bertz CT molecular complexity index is 409. The molecule has 0 N–H and O–H groups in total. The number of amides is 1. The molecular weight excluding hydrogens is 286 g/mol. The van der Waals surface area contributed by atoms with Crippen LogP contribution in [0.1, 0.15) is 20.3 Å². The molecule has 0 aliphatic carbocycles. The van der Waals surface area contributed by atoms with E-state index in [1.165, 1.54) is 41.4 Å². The van der Waals surface area contributed by atoms with E-state index in [0.717, 1.165) is 0 Å². The maximum atomic E-state index is 11.9. The highest BCUT2D eigenvalue weighted by Gasteiger charge is 2.34. The number of esters is 1. The Morgan fingerprint density at radius 3 is 2.79 bits per heavy atom. The van der Waals surface area contributed by atoms with E-state index < -0.39 is 5.97 Å². The number of nitrogens with zero attached hydrogens (tertiary/aromatic N) is 1. The lowest BCUT2D eigenvalue weighted by Crippen LogP contribution is -2.25. The van der Waals surface area contributed by atoms with Crippen molar-refractivity contribution in [3.8, 4) is 0 Å². The summed E-state index contributed by atoms with van der Waals surface area (Å²) in [6.07, 6.45) is 1.95. The molecule has 0 aromatic rings. The number of carbonyl (C=O) groups is 3. The molecule has 1 aliphatic heterocycles. The van der Waals surface area contributed by atoms with Crippen LogP contribution in [0.15, 0.2) is 11.1 Å². The van der Waals surface area contributed by atoms with Crippen LogP contribution in [0.4, 0.5) is 0 Å². The lowest BCUT2D eigenvalue weighted by molar-refractivity contribution is -0.137. The molecular formula is C12H17NO4S2. The first-order valence-corrected chi connectivity index (χ1v) is 7.78. The second-order valence-electron chi connectivity index (χ2n) is 3.87. The first-order chi connectivity index (χ1) is 8.95. The molecule has 0 radical (unpaired) electrons. The molecule has 106 valence electrons. The molecule has 1 saturated heterocycles. The van der Waals surface area contributed by atoms with Gasteiger partial charge in [0.15, 0.2) is 5.12 Å². The van der Waals surface area contributed by atoms with Gasteiger partial charge >= 0.3 is 5.97 Å². The second kappa shape index (κ2) is 7.59. The predicted octanol–water partition coefficient (Wildman–Crippen LogP) is 1.63. The fourth-order valence-corrected chi connectivity index (χ4v) is 3.50. The van der Waals surface area contributed by atoms with Gasteiger partial charge in [0.2, 0.25) is 5.91 Å². The van der Waals surface area contributed by atoms with Crippen LogP contribution in [0.2, 0.25) is 0 Å². The standard InChI is InChI=1S/C12H17NO4S2/c1-4-17-11(15)7-10-13(3)12(16)9(19-10)5-6-18-8(2)14/h7,9H,4-6H2,1-3H3/b10-7-. The lowest BCUT2D eigenvalue weighted by Gasteiger charge is -2.09. The molecule has 1 rings (SSSR count). The van der Waals surface area contributed by atoms with Gasteiger partial charge in [-0.3, -0.25) is 9.59 Å². The van der Waals surface area contributed by atoms with Gasteiger partial charge in [0, 0.05) is 19.7 Å². The quantitative estimate of drug-likeness (QED) is 0.568. The van der Waals surface area contributed by atoms with Gasteiger partial charge in [-0.25, -0.2) is 4.79 Å². The molecule has 1 aliphatic rings. The lowest BCUT2D eigenvalue weighted by atomic mass is 10.3. The molecule has 1 heterocycles. The second-order valence-corrected chi connectivity index (χ2v) is 6.36. The van der Waals surface area contributed by atoms with Crippen LogP contribution in [0.5, 0.6) is 0 Å². The first kappa shape index (κ1) is 16.1. The molecule has 0 spiro atoms. The Hall–Kier alpha value is -0.950. The zero-order chi connectivity index (χ0) is 14.4. The van der Waals surface area contributed by atoms with Crippen molar-refractivity contribution in [3.63, 3.8) is 0 Å². The molecule has 1 atom stereocenters. The number of carbonyl (C=O) groups excluding carboxylic acids is 3. The van der Waals surface area contributed by atoms with Crippen molar-refractivity contribution in [1.82, 2.24) is 4.90 Å². The van der Waals surface area contributed by atoms with Crippen molar-refractivity contribution >= 4 is 40.5 Å². The number of hydrogen-bond acceptors (Lipinski definition) is 6. The smallest absolute Gasteiger partial charge is 0.333 e. The predicted molar refractivity (Wildman–Crippen MR) is 76.6 cm³/mol. The summed E-state index contributed by atoms with van der Waals surface area (Å²) in [5.74, 6) is 0.132. The molecule has 19 heavy (non-hydrogen) atoms. The van der Waals surface area contributed by atoms with Gasteiger partial charge in [-0.1, -0.05) is 23.5 Å². The summed E-state index contributed by atoms with van der Waals surface area (Å²) in [4.78, 5) is 35.6. The van der Waals surface area contributed by atoms with Crippen LogP contribution in [-0.2, 0) is 19.1 Å². The maximum absolute atomic E-state index is 11.9. The molecule has 1 fully saturated rings. The van der Waals surface area contributed by atoms with Crippen LogP contribution >= 0.6 is 23.5 Å². The van der Waals surface area contributed by atoms with Crippen molar-refractivity contribution in [3.05, 3.63) is 11.1 Å². The molecule has 5 nitrogen and oxygen atoms in total. The molecule has 0 aromatic carbocycles. The van der Waals surface area contributed by atoms with Crippen molar-refractivity contribution in [1.29, 1.82) is 0 Å². The number of hydrogen-bond donors (Lipinski definition) is 0. The Labute approximate surface area is 121 Å². The van der Waals surface area contributed by atoms with E-state index in [0.29, 0.717) is 23.8 Å². The third kappa shape index (κ3) is 4.91. The summed E-state index contributed by atoms with van der Waals surface area (Å²) in [5, 5.41) is 0.421. The highest BCUT2D eigenvalue weighted by atomic mass is 32.2. The average molecular weight is 303 g/mol. The van der Waals surface area contributed by atoms with E-state index in [-0.39, 0.29) is 16.3 Å². The topological polar surface area (TPSA) is 63.7 Å². The zero-order valence-corrected chi connectivity index (χ0v) is 12.8. The Balaban J connectivity index is 2.58. The summed E-state index contributed by atoms with van der Waals surface area (Å²) in [6, 6.07) is 0. The van der Waals surface area contributed by atoms with Crippen LogP contribution < -0.4 is 0 Å². The molecule has 1 unspecified atom stereocenters. The van der Waals surface area contributed by atoms with E-state index in [1.54, 1.807) is 14.0 Å². The van der Waals surface area contributed by atoms with Crippen LogP contribution in [-0.4, -0.2) is 46.5 Å². The summed E-state index contributed by atoms with van der Waals surface area (Å²) >= 11 is 2.56. The van der Waals surface area contributed by atoms with Gasteiger partial charge in [-0.15, -0.1) is 0 Å². The van der Waals surface area contributed by atoms with Gasteiger partial charge in [0.1, 0.15) is 0 Å². The zero-order valence-electron chi connectivity index (χ0n) is 11.2. The monoisotopic (exact) mass is 303 g/mol. The minimum atomic E-state index is -0.441. The summed E-state index contributed by atoms with van der Waals surface area (Å²) in [5.41, 5.74) is 0. The van der Waals surface area contributed by atoms with E-state index >= 15 is 0 Å².